The van der Waals surface area contributed by atoms with Crippen LogP contribution in [0.3, 0.4) is 0 Å². The van der Waals surface area contributed by atoms with Crippen LogP contribution in [-0.2, 0) is 0 Å². The highest BCUT2D eigenvalue weighted by Gasteiger charge is 2.14. The van der Waals surface area contributed by atoms with Crippen LogP contribution in [0.25, 0.3) is 21.3 Å². The fourth-order valence-corrected chi connectivity index (χ4v) is 3.76. The second-order valence-corrected chi connectivity index (χ2v) is 6.59. The van der Waals surface area contributed by atoms with E-state index in [-0.39, 0.29) is 0 Å². The lowest BCUT2D eigenvalue weighted by Crippen LogP contribution is -1.96. The Kier molecular flexibility index (Phi) is 3.70. The number of hydrogen-bond acceptors (Lipinski definition) is 5. The minimum Gasteiger partial charge on any atom is -0.338 e. The van der Waals surface area contributed by atoms with Gasteiger partial charge in [0, 0.05) is 17.1 Å². The maximum atomic E-state index is 4.46. The summed E-state index contributed by atoms with van der Waals surface area (Å²) < 4.78 is 0. The largest absolute Gasteiger partial charge is 0.338 e. The highest BCUT2D eigenvalue weighted by Crippen LogP contribution is 2.38. The van der Waals surface area contributed by atoms with E-state index >= 15 is 0 Å². The molecule has 0 radical (unpaired) electrons. The van der Waals surface area contributed by atoms with Crippen LogP contribution in [0.2, 0.25) is 0 Å². The predicted octanol–water partition coefficient (Wildman–Crippen LogP) is 5.11. The van der Waals surface area contributed by atoms with Gasteiger partial charge in [-0.15, -0.1) is 11.3 Å². The smallest absolute Gasteiger partial charge is 0.143 e. The second kappa shape index (κ2) is 6.02. The van der Waals surface area contributed by atoms with Crippen LogP contribution in [0.5, 0.6) is 0 Å². The van der Waals surface area contributed by atoms with Crippen LogP contribution in [-0.4, -0.2) is 15.0 Å². The Morgan fingerprint density at radius 2 is 1.96 bits per heavy atom. The summed E-state index contributed by atoms with van der Waals surface area (Å²) in [5, 5.41) is 6.58. The number of aryl methyl sites for hydroxylation is 2. The number of hydrogen-bond donors (Lipinski definition) is 1. The van der Waals surface area contributed by atoms with E-state index in [1.165, 1.54) is 22.3 Å². The van der Waals surface area contributed by atoms with Gasteiger partial charge in [0.15, 0.2) is 0 Å². The number of rotatable bonds is 3. The van der Waals surface area contributed by atoms with Gasteiger partial charge in [-0.2, -0.15) is 0 Å². The number of thiophene rings is 1. The fourth-order valence-electron chi connectivity index (χ4n) is 2.86. The lowest BCUT2D eigenvalue weighted by atomic mass is 9.99. The topological polar surface area (TPSA) is 50.7 Å². The van der Waals surface area contributed by atoms with Crippen LogP contribution in [0.1, 0.15) is 11.1 Å². The molecular formula is C19H16N4S. The molecule has 0 unspecified atom stereocenters. The third-order valence-corrected chi connectivity index (χ3v) is 4.85. The molecule has 0 aliphatic rings. The summed E-state index contributed by atoms with van der Waals surface area (Å²) in [6.45, 7) is 4.25. The Morgan fingerprint density at radius 1 is 1.04 bits per heavy atom. The number of fused-ring (bicyclic) bond motifs is 1. The van der Waals surface area contributed by atoms with Crippen LogP contribution in [0, 0.1) is 13.8 Å². The SMILES string of the molecule is Cc1ccc(-c2csc3ncnc(Nc4cccnc4)c23)c(C)c1. The zero-order valence-corrected chi connectivity index (χ0v) is 14.3. The molecule has 0 atom stereocenters. The molecule has 3 aromatic heterocycles. The van der Waals surface area contributed by atoms with E-state index < -0.39 is 0 Å². The lowest BCUT2D eigenvalue weighted by Gasteiger charge is -2.10. The molecule has 1 aromatic carbocycles. The summed E-state index contributed by atoms with van der Waals surface area (Å²) in [4.78, 5) is 14.0. The van der Waals surface area contributed by atoms with Crippen molar-refractivity contribution in [3.8, 4) is 11.1 Å². The molecule has 0 amide bonds. The summed E-state index contributed by atoms with van der Waals surface area (Å²) in [7, 11) is 0. The first-order chi connectivity index (χ1) is 11.7. The molecular weight excluding hydrogens is 316 g/mol. The van der Waals surface area contributed by atoms with Gasteiger partial charge >= 0.3 is 0 Å². The van der Waals surface area contributed by atoms with Gasteiger partial charge in [0.05, 0.1) is 17.3 Å². The highest BCUT2D eigenvalue weighted by atomic mass is 32.1. The monoisotopic (exact) mass is 332 g/mol. The fraction of sp³-hybridized carbons (Fsp3) is 0.105. The van der Waals surface area contributed by atoms with Crippen molar-refractivity contribution in [1.29, 1.82) is 0 Å². The molecule has 0 aliphatic carbocycles. The van der Waals surface area contributed by atoms with Crippen molar-refractivity contribution >= 4 is 33.1 Å². The third kappa shape index (κ3) is 2.63. The summed E-state index contributed by atoms with van der Waals surface area (Å²) in [6, 6.07) is 10.4. The van der Waals surface area contributed by atoms with Crippen LogP contribution in [0.4, 0.5) is 11.5 Å². The average molecular weight is 332 g/mol. The first-order valence-corrected chi connectivity index (χ1v) is 8.57. The van der Waals surface area contributed by atoms with Crippen molar-refractivity contribution in [2.24, 2.45) is 0 Å². The van der Waals surface area contributed by atoms with Crippen molar-refractivity contribution in [2.75, 3.05) is 5.32 Å². The molecule has 1 N–H and O–H groups in total. The van der Waals surface area contributed by atoms with E-state index in [4.69, 9.17) is 0 Å². The summed E-state index contributed by atoms with van der Waals surface area (Å²) in [5.74, 6) is 0.809. The van der Waals surface area contributed by atoms with Crippen molar-refractivity contribution in [3.63, 3.8) is 0 Å². The maximum Gasteiger partial charge on any atom is 0.143 e. The summed E-state index contributed by atoms with van der Waals surface area (Å²) in [5.41, 5.74) is 5.82. The van der Waals surface area contributed by atoms with E-state index in [1.54, 1.807) is 30.1 Å². The van der Waals surface area contributed by atoms with Gasteiger partial charge in [0.25, 0.3) is 0 Å². The number of anilines is 2. The highest BCUT2D eigenvalue weighted by molar-refractivity contribution is 7.17. The predicted molar refractivity (Wildman–Crippen MR) is 99.8 cm³/mol. The Labute approximate surface area is 144 Å². The number of benzene rings is 1. The molecule has 4 rings (SSSR count). The van der Waals surface area contributed by atoms with Crippen molar-refractivity contribution in [1.82, 2.24) is 15.0 Å². The van der Waals surface area contributed by atoms with Crippen molar-refractivity contribution < 1.29 is 0 Å². The standard InChI is InChI=1S/C19H16N4S/c1-12-5-6-15(13(2)8-12)16-10-24-19-17(16)18(21-11-22-19)23-14-4-3-7-20-9-14/h3-11H,1-2H3,(H,21,22,23). The maximum absolute atomic E-state index is 4.46. The molecule has 118 valence electrons. The Bertz CT molecular complexity index is 1010. The van der Waals surface area contributed by atoms with Gasteiger partial charge in [-0.25, -0.2) is 9.97 Å². The second-order valence-electron chi connectivity index (χ2n) is 5.74. The van der Waals surface area contributed by atoms with Gasteiger partial charge in [-0.05, 0) is 37.1 Å². The third-order valence-electron chi connectivity index (χ3n) is 3.97. The molecule has 0 saturated heterocycles. The minimum atomic E-state index is 0.809. The summed E-state index contributed by atoms with van der Waals surface area (Å²) >= 11 is 1.64. The van der Waals surface area contributed by atoms with Gasteiger partial charge in [-0.1, -0.05) is 23.8 Å². The van der Waals surface area contributed by atoms with Crippen LogP contribution in [0.15, 0.2) is 54.4 Å². The normalized spacial score (nSPS) is 10.9. The molecule has 0 saturated carbocycles. The first kappa shape index (κ1) is 14.8. The Morgan fingerprint density at radius 3 is 2.75 bits per heavy atom. The molecule has 0 bridgehead atoms. The number of aromatic nitrogens is 3. The minimum absolute atomic E-state index is 0.809. The van der Waals surface area contributed by atoms with E-state index in [0.717, 1.165) is 21.7 Å². The first-order valence-electron chi connectivity index (χ1n) is 7.69. The van der Waals surface area contributed by atoms with Crippen molar-refractivity contribution in [3.05, 3.63) is 65.6 Å². The molecule has 5 heteroatoms. The molecule has 4 aromatic rings. The number of nitrogens with one attached hydrogen (secondary N) is 1. The zero-order valence-electron chi connectivity index (χ0n) is 13.4. The van der Waals surface area contributed by atoms with E-state index in [9.17, 15) is 0 Å². The van der Waals surface area contributed by atoms with Gasteiger partial charge in [0.1, 0.15) is 17.0 Å². The molecule has 24 heavy (non-hydrogen) atoms. The molecule has 3 heterocycles. The van der Waals surface area contributed by atoms with E-state index in [1.807, 2.05) is 12.1 Å². The molecule has 0 spiro atoms. The van der Waals surface area contributed by atoms with E-state index in [2.05, 4.69) is 57.7 Å². The quantitative estimate of drug-likeness (QED) is 0.566. The molecule has 0 fully saturated rings. The van der Waals surface area contributed by atoms with Crippen LogP contribution >= 0.6 is 11.3 Å². The summed E-state index contributed by atoms with van der Waals surface area (Å²) in [6.07, 6.45) is 5.15. The molecule has 4 nitrogen and oxygen atoms in total. The zero-order chi connectivity index (χ0) is 16.5. The van der Waals surface area contributed by atoms with Gasteiger partial charge < -0.3 is 5.32 Å². The molecule has 0 aliphatic heterocycles. The Hall–Kier alpha value is -2.79. The number of pyridine rings is 1. The van der Waals surface area contributed by atoms with Gasteiger partial charge in [0.2, 0.25) is 0 Å². The van der Waals surface area contributed by atoms with E-state index in [0.29, 0.717) is 0 Å². The Balaban J connectivity index is 1.88. The van der Waals surface area contributed by atoms with Gasteiger partial charge in [-0.3, -0.25) is 4.98 Å². The average Bonchev–Trinajstić information content (AvgIpc) is 3.01. The number of nitrogens with zero attached hydrogens (tertiary/aromatic N) is 3. The lowest BCUT2D eigenvalue weighted by molar-refractivity contribution is 1.22. The van der Waals surface area contributed by atoms with Crippen LogP contribution < -0.4 is 5.32 Å². The van der Waals surface area contributed by atoms with Crippen molar-refractivity contribution in [2.45, 2.75) is 13.8 Å².